The zero-order chi connectivity index (χ0) is 14.5. The molecular formula is C14H27NO4. The Bertz CT molecular complexity index is 256. The van der Waals surface area contributed by atoms with Gasteiger partial charge in [-0.25, -0.2) is 0 Å². The van der Waals surface area contributed by atoms with Crippen LogP contribution in [0.1, 0.15) is 40.0 Å². The van der Waals surface area contributed by atoms with Crippen LogP contribution in [0.15, 0.2) is 0 Å². The quantitative estimate of drug-likeness (QED) is 0.548. The van der Waals surface area contributed by atoms with Gasteiger partial charge < -0.3 is 14.8 Å². The minimum absolute atomic E-state index is 0.0803. The highest BCUT2D eigenvalue weighted by atomic mass is 16.5. The molecule has 0 aliphatic rings. The van der Waals surface area contributed by atoms with Gasteiger partial charge in [-0.05, 0) is 26.7 Å². The molecule has 0 heterocycles. The summed E-state index contributed by atoms with van der Waals surface area (Å²) in [6, 6.07) is 0. The fourth-order valence-corrected chi connectivity index (χ4v) is 1.48. The lowest BCUT2D eigenvalue weighted by molar-refractivity contribution is -0.126. The molecule has 0 saturated heterocycles. The number of amides is 1. The third-order valence-corrected chi connectivity index (χ3v) is 2.89. The van der Waals surface area contributed by atoms with Gasteiger partial charge in [0.25, 0.3) is 0 Å². The number of ketones is 1. The third kappa shape index (κ3) is 11.9. The van der Waals surface area contributed by atoms with Crippen molar-refractivity contribution in [2.45, 2.75) is 40.0 Å². The first-order valence-corrected chi connectivity index (χ1v) is 7.00. The van der Waals surface area contributed by atoms with Gasteiger partial charge in [0.15, 0.2) is 0 Å². The number of carbonyl (C=O) groups is 2. The van der Waals surface area contributed by atoms with E-state index >= 15 is 0 Å². The van der Waals surface area contributed by atoms with E-state index in [0.717, 1.165) is 19.3 Å². The highest BCUT2D eigenvalue weighted by molar-refractivity contribution is 5.77. The molecule has 1 N–H and O–H groups in total. The fourth-order valence-electron chi connectivity index (χ4n) is 1.48. The predicted octanol–water partition coefficient (Wildman–Crippen LogP) is 1.55. The van der Waals surface area contributed by atoms with Crippen molar-refractivity contribution in [3.05, 3.63) is 0 Å². The molecule has 0 aromatic heterocycles. The average molecular weight is 273 g/mol. The topological polar surface area (TPSA) is 64.6 Å². The van der Waals surface area contributed by atoms with Gasteiger partial charge in [-0.3, -0.25) is 9.59 Å². The Kier molecular flexibility index (Phi) is 11.5. The summed E-state index contributed by atoms with van der Waals surface area (Å²) >= 11 is 0. The van der Waals surface area contributed by atoms with Gasteiger partial charge in [0, 0.05) is 19.1 Å². The summed E-state index contributed by atoms with van der Waals surface area (Å²) in [5, 5.41) is 2.79. The first-order chi connectivity index (χ1) is 9.07. The highest BCUT2D eigenvalue weighted by Gasteiger charge is 2.06. The molecule has 0 fully saturated rings. The summed E-state index contributed by atoms with van der Waals surface area (Å²) in [5.41, 5.74) is 0. The Morgan fingerprint density at radius 2 is 1.84 bits per heavy atom. The first-order valence-electron chi connectivity index (χ1n) is 7.00. The Morgan fingerprint density at radius 3 is 2.47 bits per heavy atom. The van der Waals surface area contributed by atoms with E-state index in [1.807, 2.05) is 13.8 Å². The Balaban J connectivity index is 3.31. The van der Waals surface area contributed by atoms with Crippen molar-refractivity contribution in [1.29, 1.82) is 0 Å². The smallest absolute Gasteiger partial charge is 0.245 e. The Morgan fingerprint density at radius 1 is 1.16 bits per heavy atom. The minimum Gasteiger partial charge on any atom is -0.379 e. The van der Waals surface area contributed by atoms with E-state index in [4.69, 9.17) is 9.47 Å². The van der Waals surface area contributed by atoms with Crippen LogP contribution in [0.3, 0.4) is 0 Å². The Labute approximate surface area is 116 Å². The molecule has 0 unspecified atom stereocenters. The highest BCUT2D eigenvalue weighted by Crippen LogP contribution is 2.07. The third-order valence-electron chi connectivity index (χ3n) is 2.89. The fraction of sp³-hybridized carbons (Fsp3) is 0.857. The second-order valence-corrected chi connectivity index (χ2v) is 4.61. The average Bonchev–Trinajstić information content (AvgIpc) is 2.37. The molecule has 0 aliphatic carbocycles. The molecule has 1 amide bonds. The Hall–Kier alpha value is -0.940. The van der Waals surface area contributed by atoms with E-state index in [1.54, 1.807) is 6.92 Å². The van der Waals surface area contributed by atoms with Gasteiger partial charge in [-0.2, -0.15) is 0 Å². The second-order valence-electron chi connectivity index (χ2n) is 4.61. The van der Waals surface area contributed by atoms with Gasteiger partial charge in [0.2, 0.25) is 5.91 Å². The second kappa shape index (κ2) is 12.1. The summed E-state index contributed by atoms with van der Waals surface area (Å²) in [5.74, 6) is 0.250. The van der Waals surface area contributed by atoms with Crippen molar-refractivity contribution in [2.75, 3.05) is 33.0 Å². The van der Waals surface area contributed by atoms with Crippen LogP contribution in [0.25, 0.3) is 0 Å². The molecule has 0 radical (unpaired) electrons. The SMILES string of the molecule is CCOCCOCC(=O)NCCCC[C@@H](C)C(C)=O. The van der Waals surface area contributed by atoms with Gasteiger partial charge >= 0.3 is 0 Å². The van der Waals surface area contributed by atoms with Gasteiger partial charge in [-0.15, -0.1) is 0 Å². The molecule has 1 atom stereocenters. The van der Waals surface area contributed by atoms with Crippen LogP contribution >= 0.6 is 0 Å². The number of unbranched alkanes of at least 4 members (excludes halogenated alkanes) is 1. The lowest BCUT2D eigenvalue weighted by Crippen LogP contribution is -2.29. The maximum absolute atomic E-state index is 11.3. The van der Waals surface area contributed by atoms with Crippen LogP contribution < -0.4 is 5.32 Å². The number of rotatable bonds is 12. The molecule has 0 rings (SSSR count). The molecule has 0 saturated carbocycles. The number of hydrogen-bond donors (Lipinski definition) is 1. The van der Waals surface area contributed by atoms with Crippen molar-refractivity contribution in [3.8, 4) is 0 Å². The first kappa shape index (κ1) is 18.1. The van der Waals surface area contributed by atoms with Gasteiger partial charge in [-0.1, -0.05) is 13.3 Å². The largest absolute Gasteiger partial charge is 0.379 e. The summed E-state index contributed by atoms with van der Waals surface area (Å²) in [4.78, 5) is 22.4. The van der Waals surface area contributed by atoms with Crippen LogP contribution in [-0.2, 0) is 19.1 Å². The number of ether oxygens (including phenoxy) is 2. The van der Waals surface area contributed by atoms with Crippen molar-refractivity contribution >= 4 is 11.7 Å². The molecule has 0 aromatic carbocycles. The van der Waals surface area contributed by atoms with Gasteiger partial charge in [0.1, 0.15) is 12.4 Å². The van der Waals surface area contributed by atoms with Gasteiger partial charge in [0.05, 0.1) is 13.2 Å². The molecule has 0 aromatic rings. The molecular weight excluding hydrogens is 246 g/mol. The molecule has 19 heavy (non-hydrogen) atoms. The normalized spacial score (nSPS) is 12.2. The van der Waals surface area contributed by atoms with Crippen molar-refractivity contribution in [2.24, 2.45) is 5.92 Å². The summed E-state index contributed by atoms with van der Waals surface area (Å²) in [6.07, 6.45) is 2.73. The van der Waals surface area contributed by atoms with Crippen LogP contribution in [-0.4, -0.2) is 44.7 Å². The molecule has 0 bridgehead atoms. The van der Waals surface area contributed by atoms with Crippen LogP contribution in [0.4, 0.5) is 0 Å². The van der Waals surface area contributed by atoms with E-state index < -0.39 is 0 Å². The number of carbonyl (C=O) groups excluding carboxylic acids is 2. The molecule has 5 nitrogen and oxygen atoms in total. The summed E-state index contributed by atoms with van der Waals surface area (Å²) < 4.78 is 10.2. The standard InChI is InChI=1S/C14H27NO4/c1-4-18-9-10-19-11-14(17)15-8-6-5-7-12(2)13(3)16/h12H,4-11H2,1-3H3,(H,15,17)/t12-/m1/s1. The number of hydrogen-bond acceptors (Lipinski definition) is 4. The minimum atomic E-state index is -0.101. The van der Waals surface area contributed by atoms with E-state index in [0.29, 0.717) is 26.4 Å². The van der Waals surface area contributed by atoms with E-state index in [-0.39, 0.29) is 24.2 Å². The molecule has 112 valence electrons. The summed E-state index contributed by atoms with van der Waals surface area (Å²) in [7, 11) is 0. The van der Waals surface area contributed by atoms with Crippen molar-refractivity contribution in [1.82, 2.24) is 5.32 Å². The van der Waals surface area contributed by atoms with Crippen LogP contribution in [0, 0.1) is 5.92 Å². The van der Waals surface area contributed by atoms with Crippen molar-refractivity contribution < 1.29 is 19.1 Å². The zero-order valence-corrected chi connectivity index (χ0v) is 12.4. The lowest BCUT2D eigenvalue weighted by atomic mass is 10.0. The lowest BCUT2D eigenvalue weighted by Gasteiger charge is -2.08. The van der Waals surface area contributed by atoms with E-state index in [2.05, 4.69) is 5.32 Å². The zero-order valence-electron chi connectivity index (χ0n) is 12.4. The monoisotopic (exact) mass is 273 g/mol. The summed E-state index contributed by atoms with van der Waals surface area (Å²) in [6.45, 7) is 7.81. The number of Topliss-reactive ketones (excluding diaryl/α,β-unsaturated/α-hetero) is 1. The molecule has 0 aliphatic heterocycles. The van der Waals surface area contributed by atoms with Crippen LogP contribution in [0.2, 0.25) is 0 Å². The maximum atomic E-state index is 11.3. The predicted molar refractivity (Wildman–Crippen MR) is 74.0 cm³/mol. The van der Waals surface area contributed by atoms with Crippen LogP contribution in [0.5, 0.6) is 0 Å². The molecule has 0 spiro atoms. The maximum Gasteiger partial charge on any atom is 0.245 e. The number of nitrogens with one attached hydrogen (secondary N) is 1. The van der Waals surface area contributed by atoms with E-state index in [1.165, 1.54) is 0 Å². The molecule has 5 heteroatoms. The van der Waals surface area contributed by atoms with Crippen molar-refractivity contribution in [3.63, 3.8) is 0 Å². The van der Waals surface area contributed by atoms with E-state index in [9.17, 15) is 9.59 Å².